The van der Waals surface area contributed by atoms with Crippen LogP contribution < -0.4 is 0 Å². The minimum atomic E-state index is 0.894. The summed E-state index contributed by atoms with van der Waals surface area (Å²) < 4.78 is 0. The monoisotopic (exact) mass is 279 g/mol. The average molecular weight is 279 g/mol. The molecule has 1 radical (unpaired) electrons. The van der Waals surface area contributed by atoms with Gasteiger partial charge < -0.3 is 9.80 Å². The van der Waals surface area contributed by atoms with E-state index in [1.54, 1.807) is 0 Å². The van der Waals surface area contributed by atoms with Crippen molar-refractivity contribution in [2.45, 2.75) is 51.4 Å². The molecule has 0 N–H and O–H groups in total. The summed E-state index contributed by atoms with van der Waals surface area (Å²) >= 11 is 0. The molecule has 20 heavy (non-hydrogen) atoms. The summed E-state index contributed by atoms with van der Waals surface area (Å²) in [4.78, 5) is 5.00. The Morgan fingerprint density at radius 3 is 2.45 bits per heavy atom. The van der Waals surface area contributed by atoms with Crippen molar-refractivity contribution in [3.05, 3.63) is 6.92 Å². The zero-order chi connectivity index (χ0) is 14.4. The normalized spacial score (nSPS) is 28.6. The first-order chi connectivity index (χ1) is 9.69. The quantitative estimate of drug-likeness (QED) is 0.732. The molecule has 0 aromatic heterocycles. The van der Waals surface area contributed by atoms with Crippen molar-refractivity contribution in [2.24, 2.45) is 17.8 Å². The van der Waals surface area contributed by atoms with Gasteiger partial charge in [0.05, 0.1) is 0 Å². The molecular formula is C18H35N2. The highest BCUT2D eigenvalue weighted by Crippen LogP contribution is 2.31. The van der Waals surface area contributed by atoms with Gasteiger partial charge in [0.2, 0.25) is 0 Å². The minimum Gasteiger partial charge on any atom is -0.306 e. The second kappa shape index (κ2) is 8.38. The van der Waals surface area contributed by atoms with Crippen molar-refractivity contribution >= 4 is 0 Å². The van der Waals surface area contributed by atoms with Crippen molar-refractivity contribution < 1.29 is 0 Å². The van der Waals surface area contributed by atoms with Crippen molar-refractivity contribution in [1.29, 1.82) is 0 Å². The predicted molar refractivity (Wildman–Crippen MR) is 87.8 cm³/mol. The van der Waals surface area contributed by atoms with Crippen LogP contribution in [-0.2, 0) is 0 Å². The van der Waals surface area contributed by atoms with Crippen LogP contribution in [0, 0.1) is 24.7 Å². The largest absolute Gasteiger partial charge is 0.306 e. The molecule has 2 rings (SSSR count). The summed E-state index contributed by atoms with van der Waals surface area (Å²) in [6, 6.07) is 0. The highest BCUT2D eigenvalue weighted by molar-refractivity contribution is 4.78. The van der Waals surface area contributed by atoms with Crippen LogP contribution in [-0.4, -0.2) is 50.1 Å². The first-order valence-corrected chi connectivity index (χ1v) is 8.85. The molecular weight excluding hydrogens is 244 g/mol. The van der Waals surface area contributed by atoms with Gasteiger partial charge in [0.25, 0.3) is 0 Å². The van der Waals surface area contributed by atoms with E-state index in [0.29, 0.717) is 0 Å². The number of rotatable bonds is 6. The molecule has 2 saturated heterocycles. The molecule has 2 nitrogen and oxygen atoms in total. The summed E-state index contributed by atoms with van der Waals surface area (Å²) in [5.41, 5.74) is 0. The number of piperidine rings is 2. The highest BCUT2D eigenvalue weighted by atomic mass is 15.1. The first-order valence-electron chi connectivity index (χ1n) is 8.85. The third-order valence-electron chi connectivity index (χ3n) is 5.71. The molecule has 0 aromatic carbocycles. The molecule has 0 bridgehead atoms. The maximum absolute atomic E-state index is 4.24. The van der Waals surface area contributed by atoms with Crippen molar-refractivity contribution in [1.82, 2.24) is 9.80 Å². The summed E-state index contributed by atoms with van der Waals surface area (Å²) in [6.45, 7) is 9.49. The van der Waals surface area contributed by atoms with Crippen molar-refractivity contribution in [3.63, 3.8) is 0 Å². The molecule has 2 unspecified atom stereocenters. The molecule has 2 fully saturated rings. The molecule has 2 aliphatic rings. The van der Waals surface area contributed by atoms with E-state index >= 15 is 0 Å². The third kappa shape index (κ3) is 5.04. The van der Waals surface area contributed by atoms with Gasteiger partial charge in [-0.05, 0) is 83.6 Å². The van der Waals surface area contributed by atoms with Gasteiger partial charge in [0.1, 0.15) is 0 Å². The molecule has 0 saturated carbocycles. The molecule has 117 valence electrons. The van der Waals surface area contributed by atoms with Crippen LogP contribution in [0.1, 0.15) is 51.4 Å². The molecule has 2 heteroatoms. The van der Waals surface area contributed by atoms with Gasteiger partial charge in [0, 0.05) is 6.54 Å². The molecule has 0 amide bonds. The SMILES string of the molecule is [CH2]CC(CCCC1CCCN(C)C1)C1CCN(C)CC1. The Morgan fingerprint density at radius 1 is 1.05 bits per heavy atom. The summed E-state index contributed by atoms with van der Waals surface area (Å²) in [5, 5.41) is 0. The Kier molecular flexibility index (Phi) is 6.83. The lowest BCUT2D eigenvalue weighted by molar-refractivity contribution is 0.157. The predicted octanol–water partition coefficient (Wildman–Crippen LogP) is 3.68. The smallest absolute Gasteiger partial charge is 0.000661 e. The lowest BCUT2D eigenvalue weighted by atomic mass is 9.79. The maximum atomic E-state index is 4.24. The van der Waals surface area contributed by atoms with Crippen LogP contribution in [0.5, 0.6) is 0 Å². The van der Waals surface area contributed by atoms with E-state index in [1.807, 2.05) is 0 Å². The zero-order valence-corrected chi connectivity index (χ0v) is 13.8. The summed E-state index contributed by atoms with van der Waals surface area (Å²) in [5.74, 6) is 2.82. The van der Waals surface area contributed by atoms with E-state index in [0.717, 1.165) is 24.2 Å². The second-order valence-corrected chi connectivity index (χ2v) is 7.39. The van der Waals surface area contributed by atoms with E-state index in [-0.39, 0.29) is 0 Å². The Balaban J connectivity index is 1.65. The maximum Gasteiger partial charge on any atom is 0.000661 e. The van der Waals surface area contributed by atoms with E-state index in [1.165, 1.54) is 71.1 Å². The molecule has 0 aromatic rings. The van der Waals surface area contributed by atoms with E-state index in [2.05, 4.69) is 30.8 Å². The lowest BCUT2D eigenvalue weighted by Crippen LogP contribution is -2.33. The molecule has 2 atom stereocenters. The fourth-order valence-electron chi connectivity index (χ4n) is 4.29. The van der Waals surface area contributed by atoms with E-state index in [9.17, 15) is 0 Å². The van der Waals surface area contributed by atoms with Gasteiger partial charge in [-0.2, -0.15) is 0 Å². The topological polar surface area (TPSA) is 6.48 Å². The Labute approximate surface area is 126 Å². The highest BCUT2D eigenvalue weighted by Gasteiger charge is 2.24. The van der Waals surface area contributed by atoms with E-state index < -0.39 is 0 Å². The van der Waals surface area contributed by atoms with Gasteiger partial charge in [-0.15, -0.1) is 0 Å². The molecule has 2 heterocycles. The van der Waals surface area contributed by atoms with Crippen LogP contribution in [0.3, 0.4) is 0 Å². The molecule has 0 aliphatic carbocycles. The third-order valence-corrected chi connectivity index (χ3v) is 5.71. The molecule has 2 aliphatic heterocycles. The van der Waals surface area contributed by atoms with Crippen LogP contribution in [0.25, 0.3) is 0 Å². The zero-order valence-electron chi connectivity index (χ0n) is 13.8. The average Bonchev–Trinajstić information content (AvgIpc) is 2.45. The van der Waals surface area contributed by atoms with Crippen LogP contribution in [0.15, 0.2) is 0 Å². The number of hydrogen-bond donors (Lipinski definition) is 0. The van der Waals surface area contributed by atoms with Gasteiger partial charge in [-0.25, -0.2) is 0 Å². The van der Waals surface area contributed by atoms with E-state index in [4.69, 9.17) is 0 Å². The number of nitrogens with zero attached hydrogens (tertiary/aromatic N) is 2. The Bertz CT molecular complexity index is 258. The number of hydrogen-bond acceptors (Lipinski definition) is 2. The van der Waals surface area contributed by atoms with Gasteiger partial charge >= 0.3 is 0 Å². The first kappa shape index (κ1) is 16.3. The molecule has 0 spiro atoms. The fourth-order valence-corrected chi connectivity index (χ4v) is 4.29. The summed E-state index contributed by atoms with van der Waals surface area (Å²) in [7, 11) is 4.54. The Hall–Kier alpha value is -0.0800. The van der Waals surface area contributed by atoms with Crippen molar-refractivity contribution in [2.75, 3.05) is 40.3 Å². The Morgan fingerprint density at radius 2 is 1.80 bits per heavy atom. The van der Waals surface area contributed by atoms with Crippen molar-refractivity contribution in [3.8, 4) is 0 Å². The minimum absolute atomic E-state index is 0.894. The number of likely N-dealkylation sites (tertiary alicyclic amines) is 2. The van der Waals surface area contributed by atoms with Crippen LogP contribution in [0.2, 0.25) is 0 Å². The fraction of sp³-hybridized carbons (Fsp3) is 0.944. The van der Waals surface area contributed by atoms with Gasteiger partial charge in [0.15, 0.2) is 0 Å². The van der Waals surface area contributed by atoms with Gasteiger partial charge in [-0.3, -0.25) is 0 Å². The van der Waals surface area contributed by atoms with Gasteiger partial charge in [-0.1, -0.05) is 26.2 Å². The standard InChI is InChI=1S/C18H35N2/c1-4-17(18-10-13-19(2)14-11-18)9-5-7-16-8-6-12-20(3)15-16/h16-18H,1,4-15H2,2-3H3. The van der Waals surface area contributed by atoms with Crippen LogP contribution in [0.4, 0.5) is 0 Å². The van der Waals surface area contributed by atoms with Crippen LogP contribution >= 0.6 is 0 Å². The summed E-state index contributed by atoms with van der Waals surface area (Å²) in [6.07, 6.45) is 11.2. The second-order valence-electron chi connectivity index (χ2n) is 7.39. The lowest BCUT2D eigenvalue weighted by Gasteiger charge is -2.34.